The van der Waals surface area contributed by atoms with Gasteiger partial charge in [0.1, 0.15) is 18.0 Å². The topological polar surface area (TPSA) is 85.1 Å². The first-order chi connectivity index (χ1) is 9.22. The van der Waals surface area contributed by atoms with Gasteiger partial charge in [0.15, 0.2) is 0 Å². The van der Waals surface area contributed by atoms with Crippen molar-refractivity contribution in [3.63, 3.8) is 0 Å². The Morgan fingerprint density at radius 3 is 2.79 bits per heavy atom. The molecule has 1 aliphatic heterocycles. The number of anilines is 2. The van der Waals surface area contributed by atoms with Gasteiger partial charge in [0.25, 0.3) is 0 Å². The number of hydrazine groups is 1. The van der Waals surface area contributed by atoms with E-state index in [0.717, 1.165) is 31.0 Å². The molecule has 106 valence electrons. The largest absolute Gasteiger partial charge is 0.376 e. The normalized spacial score (nSPS) is 19.5. The van der Waals surface area contributed by atoms with E-state index >= 15 is 0 Å². The van der Waals surface area contributed by atoms with Crippen molar-refractivity contribution in [1.29, 1.82) is 0 Å². The fraction of sp³-hybridized carbons (Fsp3) is 0.692. The number of hydrogen-bond donors (Lipinski definition) is 3. The quantitative estimate of drug-likeness (QED) is 0.556. The van der Waals surface area contributed by atoms with Crippen LogP contribution in [0.2, 0.25) is 0 Å². The van der Waals surface area contributed by atoms with E-state index < -0.39 is 0 Å². The molecule has 1 aliphatic rings. The number of nitrogens with zero attached hydrogens (tertiary/aromatic N) is 2. The van der Waals surface area contributed by atoms with Crippen LogP contribution in [0.15, 0.2) is 6.33 Å². The number of ether oxygens (including phenoxy) is 1. The summed E-state index contributed by atoms with van der Waals surface area (Å²) in [7, 11) is 0. The van der Waals surface area contributed by atoms with Crippen molar-refractivity contribution in [2.45, 2.75) is 45.1 Å². The molecule has 6 heteroatoms. The van der Waals surface area contributed by atoms with Crippen molar-refractivity contribution in [3.8, 4) is 0 Å². The Hall–Kier alpha value is -1.40. The summed E-state index contributed by atoms with van der Waals surface area (Å²) in [6.07, 6.45) is 5.31. The standard InChI is InChI=1S/C13H23N5O/c1-9(2)11-12(16-8-17-13(11)18-14)15-7-10-5-3-4-6-19-10/h8-10H,3-7,14H2,1-2H3,(H2,15,16,17,18). The van der Waals surface area contributed by atoms with E-state index in [-0.39, 0.29) is 6.10 Å². The second-order valence-corrected chi connectivity index (χ2v) is 5.15. The monoisotopic (exact) mass is 265 g/mol. The number of hydrogen-bond acceptors (Lipinski definition) is 6. The molecule has 1 saturated heterocycles. The summed E-state index contributed by atoms with van der Waals surface area (Å²) in [6, 6.07) is 0. The predicted molar refractivity (Wildman–Crippen MR) is 76.0 cm³/mol. The summed E-state index contributed by atoms with van der Waals surface area (Å²) in [5.74, 6) is 7.31. The summed E-state index contributed by atoms with van der Waals surface area (Å²) in [5.41, 5.74) is 3.65. The van der Waals surface area contributed by atoms with Gasteiger partial charge in [-0.1, -0.05) is 13.8 Å². The molecule has 4 N–H and O–H groups in total. The second-order valence-electron chi connectivity index (χ2n) is 5.15. The van der Waals surface area contributed by atoms with E-state index in [0.29, 0.717) is 11.7 Å². The third-order valence-corrected chi connectivity index (χ3v) is 3.37. The van der Waals surface area contributed by atoms with Crippen LogP contribution in [0, 0.1) is 0 Å². The Labute approximate surface area is 114 Å². The Bertz CT molecular complexity index is 404. The van der Waals surface area contributed by atoms with Crippen molar-refractivity contribution < 1.29 is 4.74 Å². The first kappa shape index (κ1) is 14.0. The highest BCUT2D eigenvalue weighted by atomic mass is 16.5. The number of nitrogens with two attached hydrogens (primary N) is 1. The second kappa shape index (κ2) is 6.68. The summed E-state index contributed by atoms with van der Waals surface area (Å²) in [5, 5.41) is 3.37. The fourth-order valence-electron chi connectivity index (χ4n) is 2.38. The molecule has 19 heavy (non-hydrogen) atoms. The van der Waals surface area contributed by atoms with E-state index in [9.17, 15) is 0 Å². The van der Waals surface area contributed by atoms with Gasteiger partial charge in [0.05, 0.1) is 6.10 Å². The highest BCUT2D eigenvalue weighted by molar-refractivity contribution is 5.58. The number of nitrogens with one attached hydrogen (secondary N) is 2. The molecule has 6 nitrogen and oxygen atoms in total. The van der Waals surface area contributed by atoms with Crippen molar-refractivity contribution in [2.24, 2.45) is 5.84 Å². The molecule has 1 atom stereocenters. The molecule has 0 aliphatic carbocycles. The summed E-state index contributed by atoms with van der Waals surface area (Å²) in [4.78, 5) is 8.47. The maximum absolute atomic E-state index is 5.71. The van der Waals surface area contributed by atoms with Crippen molar-refractivity contribution in [1.82, 2.24) is 9.97 Å². The van der Waals surface area contributed by atoms with Crippen LogP contribution in [0.3, 0.4) is 0 Å². The third-order valence-electron chi connectivity index (χ3n) is 3.37. The molecule has 1 fully saturated rings. The van der Waals surface area contributed by atoms with Crippen LogP contribution in [-0.4, -0.2) is 29.2 Å². The van der Waals surface area contributed by atoms with Crippen molar-refractivity contribution >= 4 is 11.6 Å². The lowest BCUT2D eigenvalue weighted by Crippen LogP contribution is -2.28. The molecule has 2 rings (SSSR count). The highest BCUT2D eigenvalue weighted by Crippen LogP contribution is 2.27. The molecule has 0 amide bonds. The smallest absolute Gasteiger partial charge is 0.148 e. The molecule has 2 heterocycles. The van der Waals surface area contributed by atoms with Crippen LogP contribution in [0.4, 0.5) is 11.6 Å². The minimum Gasteiger partial charge on any atom is -0.376 e. The molecule has 0 saturated carbocycles. The molecular formula is C13H23N5O. The van der Waals surface area contributed by atoms with Crippen LogP contribution < -0.4 is 16.6 Å². The summed E-state index contributed by atoms with van der Waals surface area (Å²) < 4.78 is 5.71. The van der Waals surface area contributed by atoms with Gasteiger partial charge < -0.3 is 15.5 Å². The minimum absolute atomic E-state index is 0.276. The molecule has 0 spiro atoms. The average Bonchev–Trinajstić information content (AvgIpc) is 2.45. The molecular weight excluding hydrogens is 242 g/mol. The predicted octanol–water partition coefficient (Wildman–Crippen LogP) is 1.87. The van der Waals surface area contributed by atoms with E-state index in [1.165, 1.54) is 19.2 Å². The van der Waals surface area contributed by atoms with Gasteiger partial charge in [-0.3, -0.25) is 0 Å². The number of nitrogen functional groups attached to an aromatic ring is 1. The average molecular weight is 265 g/mol. The fourth-order valence-corrected chi connectivity index (χ4v) is 2.38. The van der Waals surface area contributed by atoms with Gasteiger partial charge in [-0.15, -0.1) is 0 Å². The Morgan fingerprint density at radius 1 is 1.37 bits per heavy atom. The zero-order valence-electron chi connectivity index (χ0n) is 11.6. The van der Waals surface area contributed by atoms with E-state index in [2.05, 4.69) is 34.6 Å². The maximum Gasteiger partial charge on any atom is 0.148 e. The van der Waals surface area contributed by atoms with Crippen molar-refractivity contribution in [3.05, 3.63) is 11.9 Å². The SMILES string of the molecule is CC(C)c1c(NN)ncnc1NCC1CCCCO1. The highest BCUT2D eigenvalue weighted by Gasteiger charge is 2.17. The molecule has 0 bridgehead atoms. The maximum atomic E-state index is 5.71. The zero-order valence-corrected chi connectivity index (χ0v) is 11.6. The zero-order chi connectivity index (χ0) is 13.7. The summed E-state index contributed by atoms with van der Waals surface area (Å²) in [6.45, 7) is 5.84. The molecule has 0 aromatic carbocycles. The first-order valence-electron chi connectivity index (χ1n) is 6.89. The van der Waals surface area contributed by atoms with Crippen LogP contribution in [-0.2, 0) is 4.74 Å². The number of rotatable bonds is 5. The first-order valence-corrected chi connectivity index (χ1v) is 6.89. The molecule has 1 aromatic heterocycles. The van der Waals surface area contributed by atoms with E-state index in [1.807, 2.05) is 0 Å². The Balaban J connectivity index is 2.06. The lowest BCUT2D eigenvalue weighted by molar-refractivity contribution is 0.0247. The third kappa shape index (κ3) is 3.54. The Morgan fingerprint density at radius 2 is 2.16 bits per heavy atom. The van der Waals surface area contributed by atoms with Crippen LogP contribution in [0.1, 0.15) is 44.6 Å². The van der Waals surface area contributed by atoms with Gasteiger partial charge >= 0.3 is 0 Å². The molecule has 1 unspecified atom stereocenters. The van der Waals surface area contributed by atoms with Crippen molar-refractivity contribution in [2.75, 3.05) is 23.9 Å². The molecule has 0 radical (unpaired) electrons. The summed E-state index contributed by atoms with van der Waals surface area (Å²) >= 11 is 0. The van der Waals surface area contributed by atoms with Crippen LogP contribution in [0.25, 0.3) is 0 Å². The lowest BCUT2D eigenvalue weighted by atomic mass is 10.0. The number of aromatic nitrogens is 2. The lowest BCUT2D eigenvalue weighted by Gasteiger charge is -2.24. The van der Waals surface area contributed by atoms with Gasteiger partial charge in [-0.2, -0.15) is 0 Å². The van der Waals surface area contributed by atoms with Crippen LogP contribution in [0.5, 0.6) is 0 Å². The van der Waals surface area contributed by atoms with Gasteiger partial charge in [0, 0.05) is 18.7 Å². The van der Waals surface area contributed by atoms with Gasteiger partial charge in [-0.25, -0.2) is 15.8 Å². The Kier molecular flexibility index (Phi) is 4.93. The minimum atomic E-state index is 0.276. The molecule has 1 aromatic rings. The van der Waals surface area contributed by atoms with Crippen LogP contribution >= 0.6 is 0 Å². The van der Waals surface area contributed by atoms with Gasteiger partial charge in [-0.05, 0) is 25.2 Å². The van der Waals surface area contributed by atoms with E-state index in [4.69, 9.17) is 10.6 Å². The van der Waals surface area contributed by atoms with Gasteiger partial charge in [0.2, 0.25) is 0 Å². The van der Waals surface area contributed by atoms with E-state index in [1.54, 1.807) is 0 Å².